The molecule has 0 aromatic carbocycles. The number of carbonyl (C=O) groups excluding carboxylic acids is 1. The van der Waals surface area contributed by atoms with Crippen molar-refractivity contribution in [3.05, 3.63) is 23.9 Å². The third-order valence-corrected chi connectivity index (χ3v) is 3.52. The Bertz CT molecular complexity index is 494. The molecule has 22 heavy (non-hydrogen) atoms. The molecule has 5 nitrogen and oxygen atoms in total. The molecule has 0 saturated carbocycles. The number of aryl methyl sites for hydroxylation is 1. The highest BCUT2D eigenvalue weighted by Crippen LogP contribution is 2.20. The maximum absolute atomic E-state index is 12.1. The minimum Gasteiger partial charge on any atom is -0.477 e. The van der Waals surface area contributed by atoms with Gasteiger partial charge in [-0.1, -0.05) is 6.07 Å². The topological polar surface area (TPSA) is 51.7 Å². The van der Waals surface area contributed by atoms with Crippen LogP contribution >= 0.6 is 0 Å². The number of rotatable bonds is 3. The molecule has 0 spiro atoms. The molecule has 1 aliphatic heterocycles. The first kappa shape index (κ1) is 16.6. The van der Waals surface area contributed by atoms with Crippen LogP contribution in [-0.4, -0.2) is 41.3 Å². The van der Waals surface area contributed by atoms with Crippen LogP contribution in [0.25, 0.3) is 0 Å². The summed E-state index contributed by atoms with van der Waals surface area (Å²) in [7, 11) is 0. The molecule has 1 fully saturated rings. The molecule has 2 heterocycles. The molecule has 0 bridgehead atoms. The van der Waals surface area contributed by atoms with Crippen LogP contribution in [-0.2, 0) is 4.74 Å². The largest absolute Gasteiger partial charge is 0.477 e. The maximum atomic E-state index is 12.1. The molecule has 122 valence electrons. The fraction of sp³-hybridized carbons (Fsp3) is 0.647. The first-order valence-electron chi connectivity index (χ1n) is 7.87. The van der Waals surface area contributed by atoms with Gasteiger partial charge < -0.3 is 14.4 Å². The summed E-state index contributed by atoms with van der Waals surface area (Å²) in [5.74, 6) is 0.962. The number of hydrogen-bond acceptors (Lipinski definition) is 4. The summed E-state index contributed by atoms with van der Waals surface area (Å²) in [4.78, 5) is 18.1. The number of ether oxygens (including phenoxy) is 2. The van der Waals surface area contributed by atoms with E-state index in [1.807, 2.05) is 39.8 Å². The number of hydrogen-bond donors (Lipinski definition) is 0. The number of pyridine rings is 1. The van der Waals surface area contributed by atoms with Crippen LogP contribution in [0.2, 0.25) is 0 Å². The molecule has 1 saturated heterocycles. The van der Waals surface area contributed by atoms with Gasteiger partial charge >= 0.3 is 6.09 Å². The molecule has 1 aromatic rings. The van der Waals surface area contributed by atoms with Crippen molar-refractivity contribution in [3.63, 3.8) is 0 Å². The number of piperidine rings is 1. The first-order valence-corrected chi connectivity index (χ1v) is 7.87. The zero-order chi connectivity index (χ0) is 16.2. The smallest absolute Gasteiger partial charge is 0.410 e. The Balaban J connectivity index is 1.82. The van der Waals surface area contributed by atoms with Crippen molar-refractivity contribution >= 4 is 6.09 Å². The summed E-state index contributed by atoms with van der Waals surface area (Å²) < 4.78 is 11.2. The van der Waals surface area contributed by atoms with Gasteiger partial charge in [0, 0.05) is 31.3 Å². The zero-order valence-corrected chi connectivity index (χ0v) is 14.0. The number of likely N-dealkylation sites (tertiary alicyclic amines) is 1. The highest BCUT2D eigenvalue weighted by atomic mass is 16.6. The van der Waals surface area contributed by atoms with Crippen molar-refractivity contribution in [3.8, 4) is 5.88 Å². The molecule has 5 heteroatoms. The summed E-state index contributed by atoms with van der Waals surface area (Å²) in [5, 5.41) is 0. The molecule has 0 radical (unpaired) electrons. The second-order valence-corrected chi connectivity index (χ2v) is 6.92. The van der Waals surface area contributed by atoms with Crippen LogP contribution in [0.3, 0.4) is 0 Å². The van der Waals surface area contributed by atoms with Crippen LogP contribution < -0.4 is 4.74 Å². The van der Waals surface area contributed by atoms with Crippen molar-refractivity contribution in [1.29, 1.82) is 0 Å². The van der Waals surface area contributed by atoms with E-state index in [4.69, 9.17) is 9.47 Å². The SMILES string of the molecule is Cc1ccc(OC[C@@H]2CCCN(C(=O)OC(C)(C)C)C2)nc1. The summed E-state index contributed by atoms with van der Waals surface area (Å²) in [6.45, 7) is 9.68. The fourth-order valence-electron chi connectivity index (χ4n) is 2.44. The van der Waals surface area contributed by atoms with Crippen molar-refractivity contribution < 1.29 is 14.3 Å². The Labute approximate surface area is 132 Å². The normalized spacial score (nSPS) is 18.9. The van der Waals surface area contributed by atoms with Gasteiger partial charge in [-0.15, -0.1) is 0 Å². The van der Waals surface area contributed by atoms with E-state index in [-0.39, 0.29) is 6.09 Å². The van der Waals surface area contributed by atoms with Gasteiger partial charge in [-0.05, 0) is 46.1 Å². The van der Waals surface area contributed by atoms with E-state index in [1.165, 1.54) is 0 Å². The molecule has 1 aromatic heterocycles. The molecule has 0 aliphatic carbocycles. The minimum absolute atomic E-state index is 0.231. The van der Waals surface area contributed by atoms with Gasteiger partial charge in [-0.2, -0.15) is 0 Å². The van der Waals surface area contributed by atoms with Gasteiger partial charge in [0.15, 0.2) is 0 Å². The number of amides is 1. The van der Waals surface area contributed by atoms with Crippen molar-refractivity contribution in [2.75, 3.05) is 19.7 Å². The lowest BCUT2D eigenvalue weighted by molar-refractivity contribution is 0.0138. The molecule has 1 amide bonds. The van der Waals surface area contributed by atoms with E-state index in [2.05, 4.69) is 4.98 Å². The van der Waals surface area contributed by atoms with Crippen LogP contribution in [0.5, 0.6) is 5.88 Å². The second kappa shape index (κ2) is 6.99. The minimum atomic E-state index is -0.452. The summed E-state index contributed by atoms with van der Waals surface area (Å²) >= 11 is 0. The second-order valence-electron chi connectivity index (χ2n) is 6.92. The molecule has 1 aliphatic rings. The first-order chi connectivity index (χ1) is 10.3. The van der Waals surface area contributed by atoms with Crippen molar-refractivity contribution in [1.82, 2.24) is 9.88 Å². The van der Waals surface area contributed by atoms with E-state index in [0.29, 0.717) is 24.9 Å². The van der Waals surface area contributed by atoms with Gasteiger partial charge in [-0.25, -0.2) is 9.78 Å². The molecular weight excluding hydrogens is 280 g/mol. The van der Waals surface area contributed by atoms with Crippen LogP contribution in [0.1, 0.15) is 39.2 Å². The number of nitrogens with zero attached hydrogens (tertiary/aromatic N) is 2. The van der Waals surface area contributed by atoms with E-state index < -0.39 is 5.60 Å². The fourth-order valence-corrected chi connectivity index (χ4v) is 2.44. The lowest BCUT2D eigenvalue weighted by Gasteiger charge is -2.33. The highest BCUT2D eigenvalue weighted by molar-refractivity contribution is 5.68. The van der Waals surface area contributed by atoms with Gasteiger partial charge in [0.1, 0.15) is 5.60 Å². The average molecular weight is 306 g/mol. The average Bonchev–Trinajstić information content (AvgIpc) is 2.45. The van der Waals surface area contributed by atoms with Gasteiger partial charge in [0.05, 0.1) is 6.61 Å². The third kappa shape index (κ3) is 5.20. The predicted octanol–water partition coefficient (Wildman–Crippen LogP) is 3.42. The van der Waals surface area contributed by atoms with E-state index in [9.17, 15) is 4.79 Å². The molecule has 2 rings (SSSR count). The summed E-state index contributed by atoms with van der Waals surface area (Å²) in [6.07, 6.45) is 3.61. The molecule has 0 N–H and O–H groups in total. The Morgan fingerprint density at radius 1 is 1.41 bits per heavy atom. The quantitative estimate of drug-likeness (QED) is 0.858. The lowest BCUT2D eigenvalue weighted by Crippen LogP contribution is -2.44. The number of carbonyl (C=O) groups is 1. The van der Waals surface area contributed by atoms with Crippen LogP contribution in [0.15, 0.2) is 18.3 Å². The lowest BCUT2D eigenvalue weighted by atomic mass is 9.99. The summed E-state index contributed by atoms with van der Waals surface area (Å²) in [5.41, 5.74) is 0.660. The van der Waals surface area contributed by atoms with E-state index >= 15 is 0 Å². The predicted molar refractivity (Wildman–Crippen MR) is 85.0 cm³/mol. The molecular formula is C17H26N2O3. The summed E-state index contributed by atoms with van der Waals surface area (Å²) in [6, 6.07) is 3.86. The van der Waals surface area contributed by atoms with E-state index in [1.54, 1.807) is 11.1 Å². The van der Waals surface area contributed by atoms with Gasteiger partial charge in [-0.3, -0.25) is 0 Å². The molecule has 0 unspecified atom stereocenters. The molecule has 1 atom stereocenters. The van der Waals surface area contributed by atoms with E-state index in [0.717, 1.165) is 24.9 Å². The van der Waals surface area contributed by atoms with Crippen molar-refractivity contribution in [2.24, 2.45) is 5.92 Å². The van der Waals surface area contributed by atoms with Crippen LogP contribution in [0, 0.1) is 12.8 Å². The monoisotopic (exact) mass is 306 g/mol. The third-order valence-electron chi connectivity index (χ3n) is 3.52. The zero-order valence-electron chi connectivity index (χ0n) is 14.0. The Morgan fingerprint density at radius 3 is 2.82 bits per heavy atom. The Kier molecular flexibility index (Phi) is 5.27. The maximum Gasteiger partial charge on any atom is 0.410 e. The standard InChI is InChI=1S/C17H26N2O3/c1-13-7-8-15(18-10-13)21-12-14-6-5-9-19(11-14)16(20)22-17(2,3)4/h7-8,10,14H,5-6,9,11-12H2,1-4H3/t14-/m1/s1. The van der Waals surface area contributed by atoms with Crippen molar-refractivity contribution in [2.45, 2.75) is 46.1 Å². The number of aromatic nitrogens is 1. The Morgan fingerprint density at radius 2 is 2.18 bits per heavy atom. The Hall–Kier alpha value is -1.78. The van der Waals surface area contributed by atoms with Gasteiger partial charge in [0.2, 0.25) is 5.88 Å². The van der Waals surface area contributed by atoms with Gasteiger partial charge in [0.25, 0.3) is 0 Å². The highest BCUT2D eigenvalue weighted by Gasteiger charge is 2.27. The van der Waals surface area contributed by atoms with Crippen LogP contribution in [0.4, 0.5) is 4.79 Å².